The van der Waals surface area contributed by atoms with Crippen LogP contribution in [0.3, 0.4) is 0 Å². The van der Waals surface area contributed by atoms with Crippen LogP contribution in [0.2, 0.25) is 0 Å². The maximum atomic E-state index is 13.2. The number of likely N-dealkylation sites (tertiary alicyclic amines) is 1. The van der Waals surface area contributed by atoms with Gasteiger partial charge in [-0.3, -0.25) is 14.5 Å². The van der Waals surface area contributed by atoms with E-state index in [2.05, 4.69) is 47.3 Å². The zero-order valence-corrected chi connectivity index (χ0v) is 27.4. The summed E-state index contributed by atoms with van der Waals surface area (Å²) in [4.78, 5) is 60.0. The van der Waals surface area contributed by atoms with E-state index >= 15 is 0 Å². The van der Waals surface area contributed by atoms with E-state index < -0.39 is 12.1 Å². The van der Waals surface area contributed by atoms with Crippen LogP contribution >= 0.6 is 0 Å². The molecule has 2 aromatic carbocycles. The van der Waals surface area contributed by atoms with Crippen LogP contribution in [-0.2, 0) is 20.7 Å². The van der Waals surface area contributed by atoms with Gasteiger partial charge in [-0.25, -0.2) is 14.8 Å². The molecule has 4 N–H and O–H groups in total. The Bertz CT molecular complexity index is 1690. The number of piperazine rings is 1. The van der Waals surface area contributed by atoms with E-state index in [0.717, 1.165) is 66.6 Å². The highest BCUT2D eigenvalue weighted by Gasteiger charge is 2.29. The summed E-state index contributed by atoms with van der Waals surface area (Å²) in [5.74, 6) is 1.37. The van der Waals surface area contributed by atoms with Gasteiger partial charge < -0.3 is 35.1 Å². The molecule has 2 atom stereocenters. The number of nitrogens with zero attached hydrogens (tertiary/aromatic N) is 5. The maximum absolute atomic E-state index is 13.2. The molecule has 0 spiro atoms. The molecule has 6 rings (SSSR count). The molecule has 48 heavy (non-hydrogen) atoms. The fourth-order valence-electron chi connectivity index (χ4n) is 6.40. The van der Waals surface area contributed by atoms with Crippen LogP contribution in [0, 0.1) is 0 Å². The highest BCUT2D eigenvalue weighted by Crippen LogP contribution is 2.31. The van der Waals surface area contributed by atoms with Gasteiger partial charge in [0.15, 0.2) is 0 Å². The monoisotopic (exact) mass is 653 g/mol. The maximum Gasteiger partial charge on any atom is 0.407 e. The number of nitrogens with one attached hydrogen (secondary N) is 4. The second-order valence-corrected chi connectivity index (χ2v) is 12.3. The Morgan fingerprint density at radius 1 is 1.00 bits per heavy atom. The molecule has 2 aliphatic rings. The van der Waals surface area contributed by atoms with Crippen LogP contribution in [0.1, 0.15) is 54.8 Å². The van der Waals surface area contributed by atoms with Crippen molar-refractivity contribution in [1.29, 1.82) is 0 Å². The molecule has 2 unspecified atom stereocenters. The van der Waals surface area contributed by atoms with Gasteiger partial charge >= 0.3 is 6.09 Å². The quantitative estimate of drug-likeness (QED) is 0.168. The summed E-state index contributed by atoms with van der Waals surface area (Å²) in [7, 11) is 3.41. The Morgan fingerprint density at radius 3 is 2.54 bits per heavy atom. The van der Waals surface area contributed by atoms with Crippen molar-refractivity contribution < 1.29 is 19.1 Å². The van der Waals surface area contributed by atoms with Gasteiger partial charge in [0.1, 0.15) is 18.4 Å². The highest BCUT2D eigenvalue weighted by molar-refractivity contribution is 5.97. The van der Waals surface area contributed by atoms with Gasteiger partial charge in [0.2, 0.25) is 17.8 Å². The van der Waals surface area contributed by atoms with Crippen molar-refractivity contribution in [3.05, 3.63) is 84.1 Å². The first-order chi connectivity index (χ1) is 23.4. The summed E-state index contributed by atoms with van der Waals surface area (Å²) in [6.07, 6.45) is 7.66. The van der Waals surface area contributed by atoms with Crippen LogP contribution in [0.25, 0.3) is 11.3 Å². The molecule has 2 fully saturated rings. The summed E-state index contributed by atoms with van der Waals surface area (Å²) in [6, 6.07) is 16.6. The number of unbranched alkanes of at least 4 members (excludes halogenated alkanes) is 1. The van der Waals surface area contributed by atoms with E-state index in [1.54, 1.807) is 12.1 Å². The number of carbonyl (C=O) groups is 3. The SMILES string of the molecule is COC(=O)NC(C(=O)NCCCCc1ncc(-c2ccc(N3CCN(c4ncc(C5CCCN5C)[nH]4)CC3=O)cc2)[nH]1)c1ccccc1. The normalized spacial score (nSPS) is 17.4. The number of hydrogen-bond acceptors (Lipinski definition) is 8. The molecule has 0 saturated carbocycles. The first-order valence-corrected chi connectivity index (χ1v) is 16.5. The average molecular weight is 654 g/mol. The van der Waals surface area contributed by atoms with Gasteiger partial charge in [-0.1, -0.05) is 42.5 Å². The average Bonchev–Trinajstić information content (AvgIpc) is 3.89. The van der Waals surface area contributed by atoms with Crippen LogP contribution < -0.4 is 20.4 Å². The molecule has 0 bridgehead atoms. The molecule has 3 amide bonds. The van der Waals surface area contributed by atoms with Crippen molar-refractivity contribution in [2.45, 2.75) is 44.2 Å². The second-order valence-electron chi connectivity index (χ2n) is 12.3. The number of benzene rings is 2. The lowest BCUT2D eigenvalue weighted by Gasteiger charge is -2.34. The summed E-state index contributed by atoms with van der Waals surface area (Å²) in [5.41, 5.74) is 4.55. The molecule has 252 valence electrons. The van der Waals surface area contributed by atoms with Gasteiger partial charge in [0.25, 0.3) is 0 Å². The number of aromatic amines is 2. The molecule has 4 aromatic rings. The highest BCUT2D eigenvalue weighted by atomic mass is 16.5. The summed E-state index contributed by atoms with van der Waals surface area (Å²) >= 11 is 0. The zero-order chi connectivity index (χ0) is 33.5. The number of H-pyrrole nitrogens is 2. The molecule has 2 aromatic heterocycles. The van der Waals surface area contributed by atoms with Crippen LogP contribution in [0.15, 0.2) is 67.0 Å². The molecule has 13 heteroatoms. The third-order valence-electron chi connectivity index (χ3n) is 9.08. The largest absolute Gasteiger partial charge is 0.453 e. The zero-order valence-electron chi connectivity index (χ0n) is 27.4. The van der Waals surface area contributed by atoms with E-state index in [1.165, 1.54) is 13.5 Å². The number of ether oxygens (including phenoxy) is 1. The summed E-state index contributed by atoms with van der Waals surface area (Å²) in [6.45, 7) is 3.12. The topological polar surface area (TPSA) is 152 Å². The number of methoxy groups -OCH3 is 1. The van der Waals surface area contributed by atoms with Crippen LogP contribution in [0.4, 0.5) is 16.4 Å². The number of carbonyl (C=O) groups excluding carboxylic acids is 3. The Morgan fingerprint density at radius 2 is 1.81 bits per heavy atom. The fourth-order valence-corrected chi connectivity index (χ4v) is 6.40. The van der Waals surface area contributed by atoms with Gasteiger partial charge in [-0.05, 0) is 62.5 Å². The van der Waals surface area contributed by atoms with E-state index in [9.17, 15) is 14.4 Å². The molecule has 2 saturated heterocycles. The Hall–Kier alpha value is -5.17. The smallest absolute Gasteiger partial charge is 0.407 e. The van der Waals surface area contributed by atoms with Gasteiger partial charge in [-0.2, -0.15) is 0 Å². The standard InChI is InChI=1S/C35H43N9O4/c1-42-18-8-11-29(42)28-22-38-34(40-28)43-19-20-44(31(45)23-43)26-15-13-24(14-16-26)27-21-37-30(39-27)12-6-7-17-36-33(46)32(41-35(47)48-2)25-9-4-3-5-10-25/h3-5,9-10,13-16,21-22,29,32H,6-8,11-12,17-20,23H2,1-2H3,(H,36,46)(H,37,39)(H,38,40)(H,41,47). The number of anilines is 2. The number of aryl methyl sites for hydroxylation is 1. The molecule has 13 nitrogen and oxygen atoms in total. The predicted molar refractivity (Wildman–Crippen MR) is 182 cm³/mol. The third kappa shape index (κ3) is 7.68. The molecular weight excluding hydrogens is 610 g/mol. The van der Waals surface area contributed by atoms with Gasteiger partial charge in [-0.15, -0.1) is 0 Å². The second kappa shape index (κ2) is 15.2. The number of amides is 3. The first-order valence-electron chi connectivity index (χ1n) is 16.5. The van der Waals surface area contributed by atoms with Crippen molar-refractivity contribution in [1.82, 2.24) is 35.5 Å². The Balaban J connectivity index is 0.955. The van der Waals surface area contributed by atoms with Crippen LogP contribution in [0.5, 0.6) is 0 Å². The predicted octanol–water partition coefficient (Wildman–Crippen LogP) is 3.96. The third-order valence-corrected chi connectivity index (χ3v) is 9.08. The molecule has 2 aliphatic heterocycles. The Kier molecular flexibility index (Phi) is 10.3. The summed E-state index contributed by atoms with van der Waals surface area (Å²) in [5, 5.41) is 5.51. The minimum atomic E-state index is -0.834. The van der Waals surface area contributed by atoms with Crippen molar-refractivity contribution in [2.75, 3.05) is 56.7 Å². The van der Waals surface area contributed by atoms with E-state index in [4.69, 9.17) is 0 Å². The molecular formula is C35H43N9O4. The van der Waals surface area contributed by atoms with Crippen molar-refractivity contribution in [2.24, 2.45) is 0 Å². The van der Waals surface area contributed by atoms with Crippen molar-refractivity contribution in [3.8, 4) is 11.3 Å². The van der Waals surface area contributed by atoms with Crippen molar-refractivity contribution in [3.63, 3.8) is 0 Å². The van der Waals surface area contributed by atoms with Crippen molar-refractivity contribution >= 4 is 29.5 Å². The number of imidazole rings is 2. The minimum absolute atomic E-state index is 0.0419. The number of hydrogen-bond donors (Lipinski definition) is 4. The molecule has 0 aliphatic carbocycles. The summed E-state index contributed by atoms with van der Waals surface area (Å²) < 4.78 is 4.69. The van der Waals surface area contributed by atoms with E-state index in [0.29, 0.717) is 31.2 Å². The van der Waals surface area contributed by atoms with E-state index in [-0.39, 0.29) is 18.4 Å². The lowest BCUT2D eigenvalue weighted by molar-refractivity contribution is -0.123. The molecule has 0 radical (unpaired) electrons. The minimum Gasteiger partial charge on any atom is -0.453 e. The number of rotatable bonds is 12. The van der Waals surface area contributed by atoms with Gasteiger partial charge in [0, 0.05) is 31.7 Å². The Labute approximate surface area is 280 Å². The first kappa shape index (κ1) is 32.8. The number of alkyl carbamates (subject to hydrolysis) is 1. The molecule has 4 heterocycles. The fraction of sp³-hybridized carbons (Fsp3) is 0.400. The van der Waals surface area contributed by atoms with Gasteiger partial charge in [0.05, 0.1) is 36.9 Å². The lowest BCUT2D eigenvalue weighted by Crippen LogP contribution is -2.51. The lowest BCUT2D eigenvalue weighted by atomic mass is 10.1. The van der Waals surface area contributed by atoms with Crippen LogP contribution in [-0.4, -0.2) is 89.6 Å². The van der Waals surface area contributed by atoms with E-state index in [1.807, 2.05) is 64.7 Å². The number of aromatic nitrogens is 4.